The highest BCUT2D eigenvalue weighted by molar-refractivity contribution is 4.97. The van der Waals surface area contributed by atoms with E-state index < -0.39 is 0 Å². The number of hydrogen-bond donors (Lipinski definition) is 1. The molecule has 16 heavy (non-hydrogen) atoms. The van der Waals surface area contributed by atoms with Gasteiger partial charge in [-0.25, -0.2) is 0 Å². The number of likely N-dealkylation sites (tertiary alicyclic amines) is 1. The van der Waals surface area contributed by atoms with E-state index >= 15 is 0 Å². The molecule has 1 spiro atoms. The molecule has 1 saturated heterocycles. The molecule has 0 aromatic heterocycles. The van der Waals surface area contributed by atoms with Gasteiger partial charge in [0.05, 0.1) is 0 Å². The van der Waals surface area contributed by atoms with Gasteiger partial charge in [0, 0.05) is 0 Å². The van der Waals surface area contributed by atoms with Crippen molar-refractivity contribution in [1.82, 2.24) is 10.2 Å². The molecule has 0 bridgehead atoms. The Morgan fingerprint density at radius 3 is 2.44 bits per heavy atom. The van der Waals surface area contributed by atoms with E-state index in [4.69, 9.17) is 0 Å². The highest BCUT2D eigenvalue weighted by Gasteiger charge is 2.44. The fourth-order valence-corrected chi connectivity index (χ4v) is 3.63. The van der Waals surface area contributed by atoms with E-state index in [1.54, 1.807) is 0 Å². The van der Waals surface area contributed by atoms with Gasteiger partial charge in [-0.1, -0.05) is 13.8 Å². The Morgan fingerprint density at radius 2 is 1.88 bits per heavy atom. The van der Waals surface area contributed by atoms with Gasteiger partial charge in [0.15, 0.2) is 0 Å². The zero-order valence-corrected chi connectivity index (χ0v) is 11.1. The standard InChI is InChI=1S/C14H28N2/c1-3-7-16-8-5-14(6-9-16)10-13(11-14)12-15-4-2/h13,15H,3-12H2,1-2H3. The normalized spacial score (nSPS) is 25.9. The number of hydrogen-bond acceptors (Lipinski definition) is 2. The summed E-state index contributed by atoms with van der Waals surface area (Å²) in [4.78, 5) is 2.66. The van der Waals surface area contributed by atoms with Crippen LogP contribution < -0.4 is 5.32 Å². The lowest BCUT2D eigenvalue weighted by molar-refractivity contribution is -0.0121. The quantitative estimate of drug-likeness (QED) is 0.772. The third-order valence-electron chi connectivity index (χ3n) is 4.58. The van der Waals surface area contributed by atoms with Crippen LogP contribution in [-0.2, 0) is 0 Å². The number of nitrogens with zero attached hydrogens (tertiary/aromatic N) is 1. The summed E-state index contributed by atoms with van der Waals surface area (Å²) in [7, 11) is 0. The van der Waals surface area contributed by atoms with Crippen LogP contribution >= 0.6 is 0 Å². The van der Waals surface area contributed by atoms with Crippen molar-refractivity contribution in [3.05, 3.63) is 0 Å². The van der Waals surface area contributed by atoms with Gasteiger partial charge in [-0.3, -0.25) is 0 Å². The van der Waals surface area contributed by atoms with E-state index in [9.17, 15) is 0 Å². The molecule has 1 N–H and O–H groups in total. The van der Waals surface area contributed by atoms with Crippen molar-refractivity contribution in [1.29, 1.82) is 0 Å². The SMILES string of the molecule is CCCN1CCC2(CC1)CC(CNCC)C2. The highest BCUT2D eigenvalue weighted by Crippen LogP contribution is 2.52. The maximum Gasteiger partial charge on any atom is -0.00134 e. The summed E-state index contributed by atoms with van der Waals surface area (Å²) in [5, 5.41) is 3.49. The molecule has 1 saturated carbocycles. The van der Waals surface area contributed by atoms with Crippen molar-refractivity contribution in [2.45, 2.75) is 46.0 Å². The van der Waals surface area contributed by atoms with Gasteiger partial charge < -0.3 is 10.2 Å². The lowest BCUT2D eigenvalue weighted by atomic mass is 9.57. The summed E-state index contributed by atoms with van der Waals surface area (Å²) >= 11 is 0. The second kappa shape index (κ2) is 5.50. The first kappa shape index (κ1) is 12.4. The Balaban J connectivity index is 1.66. The summed E-state index contributed by atoms with van der Waals surface area (Å²) in [6.07, 6.45) is 7.25. The molecular weight excluding hydrogens is 196 g/mol. The topological polar surface area (TPSA) is 15.3 Å². The van der Waals surface area contributed by atoms with Crippen LogP contribution in [0.5, 0.6) is 0 Å². The van der Waals surface area contributed by atoms with Crippen LogP contribution in [-0.4, -0.2) is 37.6 Å². The molecule has 0 atom stereocenters. The molecule has 0 radical (unpaired) electrons. The average molecular weight is 224 g/mol. The Kier molecular flexibility index (Phi) is 4.26. The Hall–Kier alpha value is -0.0800. The van der Waals surface area contributed by atoms with E-state index in [1.807, 2.05) is 0 Å². The van der Waals surface area contributed by atoms with Gasteiger partial charge >= 0.3 is 0 Å². The zero-order chi connectivity index (χ0) is 11.4. The van der Waals surface area contributed by atoms with Crippen molar-refractivity contribution in [3.63, 3.8) is 0 Å². The van der Waals surface area contributed by atoms with Crippen LogP contribution in [0.1, 0.15) is 46.0 Å². The van der Waals surface area contributed by atoms with Gasteiger partial charge in [-0.05, 0) is 76.2 Å². The summed E-state index contributed by atoms with van der Waals surface area (Å²) in [6.45, 7) is 10.9. The lowest BCUT2D eigenvalue weighted by Gasteiger charge is -2.52. The number of rotatable bonds is 5. The van der Waals surface area contributed by atoms with Crippen LogP contribution in [0, 0.1) is 11.3 Å². The second-order valence-corrected chi connectivity index (χ2v) is 5.92. The number of nitrogens with one attached hydrogen (secondary N) is 1. The fraction of sp³-hybridized carbons (Fsp3) is 1.00. The van der Waals surface area contributed by atoms with Crippen LogP contribution in [0.2, 0.25) is 0 Å². The van der Waals surface area contributed by atoms with Gasteiger partial charge in [0.1, 0.15) is 0 Å². The van der Waals surface area contributed by atoms with Crippen LogP contribution in [0.4, 0.5) is 0 Å². The Bertz CT molecular complexity index is 191. The summed E-state index contributed by atoms with van der Waals surface area (Å²) in [5.74, 6) is 0.984. The second-order valence-electron chi connectivity index (χ2n) is 5.92. The molecular formula is C14H28N2. The van der Waals surface area contributed by atoms with Crippen LogP contribution in [0.25, 0.3) is 0 Å². The smallest absolute Gasteiger partial charge is 0.00134 e. The minimum absolute atomic E-state index is 0.768. The molecule has 0 aromatic carbocycles. The van der Waals surface area contributed by atoms with E-state index in [2.05, 4.69) is 24.1 Å². The van der Waals surface area contributed by atoms with E-state index in [0.717, 1.165) is 17.9 Å². The number of piperidine rings is 1. The van der Waals surface area contributed by atoms with Crippen molar-refractivity contribution in [2.75, 3.05) is 32.7 Å². The van der Waals surface area contributed by atoms with E-state index in [1.165, 1.54) is 58.3 Å². The van der Waals surface area contributed by atoms with Gasteiger partial charge in [-0.2, -0.15) is 0 Å². The van der Waals surface area contributed by atoms with Gasteiger partial charge in [-0.15, -0.1) is 0 Å². The maximum atomic E-state index is 3.49. The molecule has 2 fully saturated rings. The molecule has 0 aromatic rings. The molecule has 2 aliphatic rings. The third kappa shape index (κ3) is 2.78. The predicted octanol–water partition coefficient (Wildman–Crippen LogP) is 2.50. The summed E-state index contributed by atoms with van der Waals surface area (Å²) in [5.41, 5.74) is 0.768. The van der Waals surface area contributed by atoms with Crippen molar-refractivity contribution in [2.24, 2.45) is 11.3 Å². The van der Waals surface area contributed by atoms with Crippen LogP contribution in [0.15, 0.2) is 0 Å². The molecule has 1 heterocycles. The Morgan fingerprint density at radius 1 is 1.19 bits per heavy atom. The minimum Gasteiger partial charge on any atom is -0.317 e. The largest absolute Gasteiger partial charge is 0.317 e. The molecule has 2 nitrogen and oxygen atoms in total. The first-order valence-corrected chi connectivity index (χ1v) is 7.21. The highest BCUT2D eigenvalue weighted by atomic mass is 15.1. The van der Waals surface area contributed by atoms with Crippen molar-refractivity contribution in [3.8, 4) is 0 Å². The monoisotopic (exact) mass is 224 g/mol. The first-order chi connectivity index (χ1) is 7.78. The van der Waals surface area contributed by atoms with Crippen molar-refractivity contribution >= 4 is 0 Å². The Labute approximate surface area is 101 Å². The average Bonchev–Trinajstić information content (AvgIpc) is 2.26. The zero-order valence-electron chi connectivity index (χ0n) is 11.1. The molecule has 2 rings (SSSR count). The molecule has 2 heteroatoms. The third-order valence-corrected chi connectivity index (χ3v) is 4.58. The van der Waals surface area contributed by atoms with Gasteiger partial charge in [0.2, 0.25) is 0 Å². The fourth-order valence-electron chi connectivity index (χ4n) is 3.63. The predicted molar refractivity (Wildman–Crippen MR) is 69.7 cm³/mol. The van der Waals surface area contributed by atoms with Gasteiger partial charge in [0.25, 0.3) is 0 Å². The summed E-state index contributed by atoms with van der Waals surface area (Å²) in [6, 6.07) is 0. The summed E-state index contributed by atoms with van der Waals surface area (Å²) < 4.78 is 0. The van der Waals surface area contributed by atoms with E-state index in [0.29, 0.717) is 0 Å². The lowest BCUT2D eigenvalue weighted by Crippen LogP contribution is -2.49. The molecule has 94 valence electrons. The molecule has 0 unspecified atom stereocenters. The van der Waals surface area contributed by atoms with Crippen LogP contribution in [0.3, 0.4) is 0 Å². The molecule has 1 aliphatic carbocycles. The molecule has 0 amide bonds. The minimum atomic E-state index is 0.768. The van der Waals surface area contributed by atoms with E-state index in [-0.39, 0.29) is 0 Å². The van der Waals surface area contributed by atoms with Crippen molar-refractivity contribution < 1.29 is 0 Å². The first-order valence-electron chi connectivity index (χ1n) is 7.21. The maximum absolute atomic E-state index is 3.49. The molecule has 1 aliphatic heterocycles.